The molecule has 0 radical (unpaired) electrons. The highest BCUT2D eigenvalue weighted by Crippen LogP contribution is 2.35. The van der Waals surface area contributed by atoms with Crippen molar-refractivity contribution in [3.05, 3.63) is 27.2 Å². The van der Waals surface area contributed by atoms with Crippen molar-refractivity contribution >= 4 is 34.8 Å². The monoisotopic (exact) mass is 309 g/mol. The first-order chi connectivity index (χ1) is 8.40. The van der Waals surface area contributed by atoms with Crippen LogP contribution in [0.15, 0.2) is 12.1 Å². The fourth-order valence-corrected chi connectivity index (χ4v) is 2.31. The van der Waals surface area contributed by atoms with Gasteiger partial charge in [0.15, 0.2) is 5.75 Å². The highest BCUT2D eigenvalue weighted by Gasteiger charge is 2.11. The van der Waals surface area contributed by atoms with Crippen molar-refractivity contribution in [1.29, 1.82) is 0 Å². The zero-order chi connectivity index (χ0) is 13.7. The van der Waals surface area contributed by atoms with Crippen LogP contribution in [0.4, 0.5) is 0 Å². The maximum absolute atomic E-state index is 6.04. The maximum Gasteiger partial charge on any atom is 0.156 e. The Morgan fingerprint density at radius 2 is 1.67 bits per heavy atom. The molecule has 0 bridgehead atoms. The molecule has 1 atom stereocenters. The minimum atomic E-state index is 0.371. The van der Waals surface area contributed by atoms with E-state index in [1.807, 2.05) is 0 Å². The lowest BCUT2D eigenvalue weighted by Crippen LogP contribution is -2.30. The summed E-state index contributed by atoms with van der Waals surface area (Å²) in [7, 11) is 0. The van der Waals surface area contributed by atoms with E-state index in [1.54, 1.807) is 12.1 Å². The van der Waals surface area contributed by atoms with E-state index in [4.69, 9.17) is 39.5 Å². The quantitative estimate of drug-likeness (QED) is 0.825. The maximum atomic E-state index is 6.04. The van der Waals surface area contributed by atoms with Gasteiger partial charge >= 0.3 is 0 Å². The first-order valence-corrected chi connectivity index (χ1v) is 7.04. The van der Waals surface area contributed by atoms with Crippen LogP contribution in [0.3, 0.4) is 0 Å². The number of rotatable bonds is 6. The summed E-state index contributed by atoms with van der Waals surface area (Å²) in [5, 5.41) is 4.74. The third kappa shape index (κ3) is 5.23. The molecule has 0 saturated carbocycles. The zero-order valence-electron chi connectivity index (χ0n) is 10.8. The van der Waals surface area contributed by atoms with Crippen LogP contribution in [0.25, 0.3) is 0 Å². The van der Waals surface area contributed by atoms with E-state index in [0.29, 0.717) is 39.4 Å². The van der Waals surface area contributed by atoms with Crippen molar-refractivity contribution in [2.24, 2.45) is 5.92 Å². The molecule has 5 heteroatoms. The smallest absolute Gasteiger partial charge is 0.156 e. The van der Waals surface area contributed by atoms with Crippen molar-refractivity contribution in [3.63, 3.8) is 0 Å². The van der Waals surface area contributed by atoms with Crippen LogP contribution >= 0.6 is 34.8 Å². The number of halogens is 3. The van der Waals surface area contributed by atoms with Crippen molar-refractivity contribution in [1.82, 2.24) is 5.32 Å². The molecule has 102 valence electrons. The van der Waals surface area contributed by atoms with Gasteiger partial charge in [0, 0.05) is 23.5 Å². The number of benzene rings is 1. The summed E-state index contributed by atoms with van der Waals surface area (Å²) in [5.41, 5.74) is 0. The van der Waals surface area contributed by atoms with Gasteiger partial charge in [0.2, 0.25) is 0 Å². The van der Waals surface area contributed by atoms with Gasteiger partial charge in [0.25, 0.3) is 0 Å². The van der Waals surface area contributed by atoms with Crippen LogP contribution in [-0.4, -0.2) is 19.2 Å². The van der Waals surface area contributed by atoms with E-state index in [1.165, 1.54) is 0 Å². The second-order valence-corrected chi connectivity index (χ2v) is 5.93. The molecule has 0 spiro atoms. The first-order valence-electron chi connectivity index (χ1n) is 5.91. The van der Waals surface area contributed by atoms with Crippen LogP contribution in [0.1, 0.15) is 20.8 Å². The Morgan fingerprint density at radius 3 is 2.17 bits per heavy atom. The molecule has 0 aliphatic carbocycles. The van der Waals surface area contributed by atoms with Crippen LogP contribution < -0.4 is 10.1 Å². The molecule has 1 N–H and O–H groups in total. The number of ether oxygens (including phenoxy) is 1. The van der Waals surface area contributed by atoms with Gasteiger partial charge < -0.3 is 10.1 Å². The molecule has 1 aromatic rings. The standard InChI is InChI=1S/C13H18Cl3NO/c1-8(2)17-6-9(3)7-18-13-11(15)4-10(14)5-12(13)16/h4-5,8-9,17H,6-7H2,1-3H3. The minimum absolute atomic E-state index is 0.371. The second-order valence-electron chi connectivity index (χ2n) is 4.68. The van der Waals surface area contributed by atoms with Gasteiger partial charge in [-0.1, -0.05) is 55.6 Å². The molecule has 0 heterocycles. The van der Waals surface area contributed by atoms with E-state index in [2.05, 4.69) is 26.1 Å². The zero-order valence-corrected chi connectivity index (χ0v) is 13.0. The Bertz CT molecular complexity index is 373. The minimum Gasteiger partial charge on any atom is -0.490 e. The van der Waals surface area contributed by atoms with Crippen molar-refractivity contribution in [3.8, 4) is 5.75 Å². The molecule has 1 rings (SSSR count). The summed E-state index contributed by atoms with van der Waals surface area (Å²) in [5.74, 6) is 0.870. The van der Waals surface area contributed by atoms with Crippen molar-refractivity contribution in [2.45, 2.75) is 26.8 Å². The van der Waals surface area contributed by atoms with Gasteiger partial charge in [-0.05, 0) is 12.1 Å². The highest BCUT2D eigenvalue weighted by atomic mass is 35.5. The summed E-state index contributed by atoms with van der Waals surface area (Å²) in [6.07, 6.45) is 0. The molecule has 0 aliphatic heterocycles. The molecule has 0 saturated heterocycles. The van der Waals surface area contributed by atoms with Crippen LogP contribution in [0.5, 0.6) is 5.75 Å². The molecule has 1 aromatic carbocycles. The molecule has 18 heavy (non-hydrogen) atoms. The van der Waals surface area contributed by atoms with Crippen LogP contribution in [-0.2, 0) is 0 Å². The fourth-order valence-electron chi connectivity index (χ4n) is 1.39. The summed E-state index contributed by atoms with van der Waals surface area (Å²) in [6.45, 7) is 7.77. The van der Waals surface area contributed by atoms with Crippen molar-refractivity contribution < 1.29 is 4.74 Å². The van der Waals surface area contributed by atoms with Crippen LogP contribution in [0, 0.1) is 5.92 Å². The molecule has 2 nitrogen and oxygen atoms in total. The molecule has 0 aliphatic rings. The number of nitrogens with one attached hydrogen (secondary N) is 1. The van der Waals surface area contributed by atoms with E-state index in [9.17, 15) is 0 Å². The summed E-state index contributed by atoms with van der Waals surface area (Å²) in [4.78, 5) is 0. The third-order valence-corrected chi connectivity index (χ3v) is 3.13. The Labute approximate surface area is 124 Å². The fraction of sp³-hybridized carbons (Fsp3) is 0.538. The SMILES string of the molecule is CC(CNC(C)C)COc1c(Cl)cc(Cl)cc1Cl. The Morgan fingerprint density at radius 1 is 1.11 bits per heavy atom. The summed E-state index contributed by atoms with van der Waals surface area (Å²) >= 11 is 17.9. The van der Waals surface area contributed by atoms with E-state index >= 15 is 0 Å². The Hall–Kier alpha value is -0.150. The molecule has 0 fully saturated rings. The van der Waals surface area contributed by atoms with Gasteiger partial charge in [-0.25, -0.2) is 0 Å². The lowest BCUT2D eigenvalue weighted by Gasteiger charge is -2.17. The highest BCUT2D eigenvalue weighted by molar-refractivity contribution is 6.40. The van der Waals surface area contributed by atoms with Gasteiger partial charge in [-0.15, -0.1) is 0 Å². The average molecular weight is 311 g/mol. The van der Waals surface area contributed by atoms with Gasteiger partial charge in [-0.2, -0.15) is 0 Å². The normalized spacial score (nSPS) is 12.8. The topological polar surface area (TPSA) is 21.3 Å². The second kappa shape index (κ2) is 7.44. The van der Waals surface area contributed by atoms with Gasteiger partial charge in [0.1, 0.15) is 0 Å². The number of hydrogen-bond donors (Lipinski definition) is 1. The predicted octanol–water partition coefficient (Wildman–Crippen LogP) is 4.66. The summed E-state index contributed by atoms with van der Waals surface area (Å²) in [6, 6.07) is 3.72. The molecular formula is C13H18Cl3NO. The van der Waals surface area contributed by atoms with Crippen LogP contribution in [0.2, 0.25) is 15.1 Å². The average Bonchev–Trinajstić information content (AvgIpc) is 2.24. The van der Waals surface area contributed by atoms with Crippen molar-refractivity contribution in [2.75, 3.05) is 13.2 Å². The predicted molar refractivity (Wildman–Crippen MR) is 79.3 cm³/mol. The third-order valence-electron chi connectivity index (χ3n) is 2.35. The molecular weight excluding hydrogens is 293 g/mol. The molecule has 0 aromatic heterocycles. The Balaban J connectivity index is 2.53. The summed E-state index contributed by atoms with van der Waals surface area (Å²) < 4.78 is 5.65. The largest absolute Gasteiger partial charge is 0.490 e. The first kappa shape index (κ1) is 15.9. The van der Waals surface area contributed by atoms with E-state index in [0.717, 1.165) is 6.54 Å². The number of hydrogen-bond acceptors (Lipinski definition) is 2. The van der Waals surface area contributed by atoms with E-state index < -0.39 is 0 Å². The van der Waals surface area contributed by atoms with Gasteiger partial charge in [-0.3, -0.25) is 0 Å². The van der Waals surface area contributed by atoms with Gasteiger partial charge in [0.05, 0.1) is 16.7 Å². The molecule has 0 amide bonds. The lowest BCUT2D eigenvalue weighted by atomic mass is 10.2. The Kier molecular flexibility index (Phi) is 6.58. The van der Waals surface area contributed by atoms with E-state index in [-0.39, 0.29) is 0 Å². The molecule has 1 unspecified atom stereocenters. The lowest BCUT2D eigenvalue weighted by molar-refractivity contribution is 0.253.